The van der Waals surface area contributed by atoms with E-state index < -0.39 is 16.6 Å². The lowest BCUT2D eigenvalue weighted by Crippen LogP contribution is -2.66. The van der Waals surface area contributed by atoms with Crippen molar-refractivity contribution >= 4 is 33.0 Å². The Morgan fingerprint density at radius 2 is 0.957 bits per heavy atom. The van der Waals surface area contributed by atoms with Gasteiger partial charge in [-0.1, -0.05) is 187 Å². The van der Waals surface area contributed by atoms with E-state index in [4.69, 9.17) is 13.6 Å². The van der Waals surface area contributed by atoms with Crippen molar-refractivity contribution in [3.05, 3.63) is 60.7 Å². The van der Waals surface area contributed by atoms with Gasteiger partial charge in [0.2, 0.25) is 8.32 Å². The van der Waals surface area contributed by atoms with Gasteiger partial charge in [0.25, 0.3) is 8.32 Å². The summed E-state index contributed by atoms with van der Waals surface area (Å²) < 4.78 is 18.9. The lowest BCUT2D eigenvalue weighted by Gasteiger charge is -2.43. The fraction of sp³-hybridized carbons (Fsp3) is 0.683. The minimum absolute atomic E-state index is 0.0416. The van der Waals surface area contributed by atoms with Gasteiger partial charge in [-0.05, 0) is 44.9 Å². The third kappa shape index (κ3) is 12.6. The molecule has 47 heavy (non-hydrogen) atoms. The molecule has 0 atom stereocenters. The van der Waals surface area contributed by atoms with Crippen LogP contribution in [0.15, 0.2) is 60.7 Å². The van der Waals surface area contributed by atoms with Gasteiger partial charge < -0.3 is 13.6 Å². The smallest absolute Gasteiger partial charge is 0.307 e. The molecule has 0 aromatic heterocycles. The van der Waals surface area contributed by atoms with Crippen LogP contribution >= 0.6 is 0 Å². The molecule has 0 saturated heterocycles. The van der Waals surface area contributed by atoms with Crippen molar-refractivity contribution in [1.29, 1.82) is 0 Å². The van der Waals surface area contributed by atoms with Crippen LogP contribution in [-0.4, -0.2) is 36.0 Å². The lowest BCUT2D eigenvalue weighted by atomic mass is 10.0. The van der Waals surface area contributed by atoms with Crippen molar-refractivity contribution in [3.63, 3.8) is 0 Å². The largest absolute Gasteiger partial charge is 0.439 e. The maximum atomic E-state index is 12.3. The molecule has 0 amide bonds. The van der Waals surface area contributed by atoms with Crippen LogP contribution in [0.25, 0.3) is 0 Å². The van der Waals surface area contributed by atoms with E-state index in [9.17, 15) is 4.79 Å². The van der Waals surface area contributed by atoms with Gasteiger partial charge in [0.05, 0.1) is 0 Å². The summed E-state index contributed by atoms with van der Waals surface area (Å²) in [5.74, 6) is -0.112. The van der Waals surface area contributed by atoms with Crippen molar-refractivity contribution in [2.75, 3.05) is 13.4 Å². The number of carbonyl (C=O) groups excluding carboxylic acids is 1. The monoisotopic (exact) mass is 682 g/mol. The normalized spacial score (nSPS) is 12.8. The van der Waals surface area contributed by atoms with Crippen LogP contribution in [0.1, 0.15) is 146 Å². The van der Waals surface area contributed by atoms with Crippen LogP contribution in [0.4, 0.5) is 0 Å². The highest BCUT2D eigenvalue weighted by Crippen LogP contribution is 2.42. The number of ether oxygens (including phenoxy) is 1. The number of esters is 1. The van der Waals surface area contributed by atoms with E-state index in [1.165, 1.54) is 68.2 Å². The van der Waals surface area contributed by atoms with Gasteiger partial charge in [-0.25, -0.2) is 0 Å². The number of hydrogen-bond donors (Lipinski definition) is 0. The quantitative estimate of drug-likeness (QED) is 0.0478. The fourth-order valence-electron chi connectivity index (χ4n) is 7.90. The van der Waals surface area contributed by atoms with E-state index in [0.29, 0.717) is 23.0 Å². The molecule has 2 aromatic carbocycles. The zero-order valence-corrected chi connectivity index (χ0v) is 33.7. The Bertz CT molecular complexity index is 1030. The Morgan fingerprint density at radius 3 is 1.34 bits per heavy atom. The van der Waals surface area contributed by atoms with Crippen LogP contribution in [-0.2, 0) is 18.4 Å². The fourth-order valence-corrected chi connectivity index (χ4v) is 17.8. The van der Waals surface area contributed by atoms with E-state index in [1.54, 1.807) is 0 Å². The van der Waals surface area contributed by atoms with Gasteiger partial charge in [-0.15, -0.1) is 0 Å². The summed E-state index contributed by atoms with van der Waals surface area (Å²) in [6.45, 7) is 21.5. The predicted octanol–water partition coefficient (Wildman–Crippen LogP) is 11.3. The average Bonchev–Trinajstić information content (AvgIpc) is 3.02. The summed E-state index contributed by atoms with van der Waals surface area (Å²) in [4.78, 5) is 12.3. The molecule has 2 rings (SSSR count). The van der Waals surface area contributed by atoms with E-state index in [-0.39, 0.29) is 17.8 Å². The second kappa shape index (κ2) is 21.4. The first kappa shape index (κ1) is 41.4. The van der Waals surface area contributed by atoms with Gasteiger partial charge in [-0.3, -0.25) is 4.79 Å². The van der Waals surface area contributed by atoms with Crippen LogP contribution < -0.4 is 10.4 Å². The van der Waals surface area contributed by atoms with Crippen molar-refractivity contribution < 1.29 is 18.4 Å². The minimum Gasteiger partial charge on any atom is -0.439 e. The molecule has 0 spiro atoms. The molecule has 0 bridgehead atoms. The zero-order chi connectivity index (χ0) is 34.8. The molecular weight excluding hydrogens is 613 g/mol. The van der Waals surface area contributed by atoms with Gasteiger partial charge in [0.1, 0.15) is 0 Å². The molecule has 0 saturated carbocycles. The van der Waals surface area contributed by atoms with Gasteiger partial charge in [0, 0.05) is 13.0 Å². The molecule has 2 aromatic rings. The zero-order valence-electron chi connectivity index (χ0n) is 31.7. The van der Waals surface area contributed by atoms with Crippen LogP contribution in [0, 0.1) is 0 Å². The molecule has 0 radical (unpaired) electrons. The first-order valence-corrected chi connectivity index (χ1v) is 23.0. The molecule has 0 aliphatic carbocycles. The standard InChI is InChI=1S/C41H70O4Si2/c1-35(2)46(36(3)4,37(5)6)45-34-43-40(42)32-26-18-16-14-12-10-11-13-15-17-19-27-33-44-47(41(7,8)9,38-28-22-20-23-29-38)39-30-24-21-25-31-39/h20-25,28-31,35-37H,10-19,26-27,32-34H2,1-9H3. The van der Waals surface area contributed by atoms with Gasteiger partial charge in [0.15, 0.2) is 6.79 Å². The molecule has 0 aliphatic rings. The van der Waals surface area contributed by atoms with Gasteiger partial charge >= 0.3 is 5.97 Å². The highest BCUT2D eigenvalue weighted by atomic mass is 28.4. The van der Waals surface area contributed by atoms with E-state index >= 15 is 0 Å². The Morgan fingerprint density at radius 1 is 0.574 bits per heavy atom. The van der Waals surface area contributed by atoms with Crippen molar-refractivity contribution in [3.8, 4) is 0 Å². The molecule has 0 aliphatic heterocycles. The first-order chi connectivity index (χ1) is 22.4. The lowest BCUT2D eigenvalue weighted by molar-refractivity contribution is -0.151. The van der Waals surface area contributed by atoms with Crippen LogP contribution in [0.2, 0.25) is 21.7 Å². The molecule has 0 fully saturated rings. The van der Waals surface area contributed by atoms with Crippen LogP contribution in [0.5, 0.6) is 0 Å². The number of unbranched alkanes of at least 4 members (excludes halogenated alkanes) is 11. The molecule has 266 valence electrons. The molecule has 0 heterocycles. The van der Waals surface area contributed by atoms with Crippen molar-refractivity contribution in [2.45, 2.75) is 167 Å². The van der Waals surface area contributed by atoms with Crippen molar-refractivity contribution in [2.24, 2.45) is 0 Å². The second-order valence-corrected chi connectivity index (χ2v) is 25.4. The summed E-state index contributed by atoms with van der Waals surface area (Å²) in [5, 5.41) is 2.77. The first-order valence-electron chi connectivity index (χ1n) is 18.9. The topological polar surface area (TPSA) is 44.8 Å². The summed E-state index contributed by atoms with van der Waals surface area (Å²) >= 11 is 0. The van der Waals surface area contributed by atoms with E-state index in [1.807, 2.05) is 0 Å². The minimum atomic E-state index is -2.41. The Balaban J connectivity index is 1.54. The summed E-state index contributed by atoms with van der Waals surface area (Å²) in [6, 6.07) is 21.9. The molecule has 6 heteroatoms. The number of carbonyl (C=O) groups is 1. The maximum Gasteiger partial charge on any atom is 0.307 e. The Hall–Kier alpha value is -1.74. The summed E-state index contributed by atoms with van der Waals surface area (Å²) in [5.41, 5.74) is 1.48. The van der Waals surface area contributed by atoms with Gasteiger partial charge in [-0.2, -0.15) is 0 Å². The summed E-state index contributed by atoms with van der Waals surface area (Å²) in [6.07, 6.45) is 15.3. The molecule has 0 unspecified atom stereocenters. The second-order valence-electron chi connectivity index (χ2n) is 15.6. The maximum absolute atomic E-state index is 12.3. The average molecular weight is 683 g/mol. The molecular formula is C41H70O4Si2. The molecule has 4 nitrogen and oxygen atoms in total. The Labute approximate surface area is 292 Å². The highest BCUT2D eigenvalue weighted by Gasteiger charge is 2.50. The summed E-state index contributed by atoms with van der Waals surface area (Å²) in [7, 11) is -4.39. The van der Waals surface area contributed by atoms with E-state index in [0.717, 1.165) is 25.9 Å². The SMILES string of the molecule is CC(C)[Si](OCOC(=O)CCCCCCCCCCCCCCO[Si](c1ccccc1)(c1ccccc1)C(C)(C)C)(C(C)C)C(C)C. The highest BCUT2D eigenvalue weighted by molar-refractivity contribution is 6.99. The third-order valence-corrected chi connectivity index (χ3v) is 21.3. The predicted molar refractivity (Wildman–Crippen MR) is 207 cm³/mol. The van der Waals surface area contributed by atoms with Crippen molar-refractivity contribution in [1.82, 2.24) is 0 Å². The Kier molecular flexibility index (Phi) is 18.8. The van der Waals surface area contributed by atoms with Crippen LogP contribution in [0.3, 0.4) is 0 Å². The number of benzene rings is 2. The third-order valence-electron chi connectivity index (χ3n) is 10.2. The molecule has 0 N–H and O–H groups in total. The number of hydrogen-bond acceptors (Lipinski definition) is 4. The van der Waals surface area contributed by atoms with E-state index in [2.05, 4.69) is 123 Å². The number of rotatable bonds is 24.